The van der Waals surface area contributed by atoms with Crippen molar-refractivity contribution in [2.75, 3.05) is 6.54 Å². The van der Waals surface area contributed by atoms with E-state index in [1.54, 1.807) is 24.9 Å². The maximum atomic E-state index is 11.9. The summed E-state index contributed by atoms with van der Waals surface area (Å²) in [5.41, 5.74) is 6.96. The summed E-state index contributed by atoms with van der Waals surface area (Å²) in [6.07, 6.45) is 1.74. The molecule has 0 fully saturated rings. The molecule has 6 nitrogen and oxygen atoms in total. The van der Waals surface area contributed by atoms with Gasteiger partial charge in [0.15, 0.2) is 0 Å². The summed E-state index contributed by atoms with van der Waals surface area (Å²) in [6, 6.07) is -0.458. The number of rotatable bonds is 5. The van der Waals surface area contributed by atoms with E-state index < -0.39 is 12.1 Å². The van der Waals surface area contributed by atoms with E-state index in [9.17, 15) is 9.90 Å². The first-order valence-corrected chi connectivity index (χ1v) is 5.70. The van der Waals surface area contributed by atoms with E-state index in [0.717, 1.165) is 5.69 Å². The number of aromatic nitrogens is 2. The van der Waals surface area contributed by atoms with Gasteiger partial charge in [0.25, 0.3) is 5.91 Å². The number of nitrogens with one attached hydrogen (secondary N) is 1. The highest BCUT2D eigenvalue weighted by molar-refractivity contribution is 5.95. The first-order chi connectivity index (χ1) is 7.95. The van der Waals surface area contributed by atoms with Gasteiger partial charge in [0.2, 0.25) is 0 Å². The fourth-order valence-electron chi connectivity index (χ4n) is 1.46. The Morgan fingerprint density at radius 2 is 2.35 bits per heavy atom. The minimum atomic E-state index is -0.644. The quantitative estimate of drug-likeness (QED) is 0.642. The van der Waals surface area contributed by atoms with Crippen LogP contribution in [-0.2, 0) is 13.5 Å². The molecule has 17 heavy (non-hydrogen) atoms. The van der Waals surface area contributed by atoms with Crippen molar-refractivity contribution in [3.05, 3.63) is 17.5 Å². The second-order valence-corrected chi connectivity index (χ2v) is 4.13. The molecular weight excluding hydrogens is 220 g/mol. The number of nitrogens with two attached hydrogens (primary N) is 1. The number of nitrogens with zero attached hydrogens (tertiary/aromatic N) is 2. The van der Waals surface area contributed by atoms with Gasteiger partial charge in [0, 0.05) is 25.8 Å². The van der Waals surface area contributed by atoms with E-state index in [-0.39, 0.29) is 12.5 Å². The van der Waals surface area contributed by atoms with Crippen molar-refractivity contribution >= 4 is 5.91 Å². The topological polar surface area (TPSA) is 93.2 Å². The Hall–Kier alpha value is -1.40. The second kappa shape index (κ2) is 5.79. The molecule has 0 aliphatic heterocycles. The lowest BCUT2D eigenvalue weighted by Crippen LogP contribution is -2.43. The summed E-state index contributed by atoms with van der Waals surface area (Å²) in [7, 11) is 1.78. The van der Waals surface area contributed by atoms with Crippen molar-refractivity contribution in [1.29, 1.82) is 0 Å². The zero-order chi connectivity index (χ0) is 13.0. The molecule has 4 N–H and O–H groups in total. The van der Waals surface area contributed by atoms with Gasteiger partial charge in [-0.05, 0) is 13.3 Å². The zero-order valence-electron chi connectivity index (χ0n) is 10.5. The van der Waals surface area contributed by atoms with E-state index in [1.807, 2.05) is 6.92 Å². The lowest BCUT2D eigenvalue weighted by Gasteiger charge is -2.15. The number of amides is 1. The molecule has 0 aliphatic rings. The van der Waals surface area contributed by atoms with Crippen molar-refractivity contribution in [3.8, 4) is 0 Å². The number of hydrogen-bond donors (Lipinski definition) is 3. The molecule has 96 valence electrons. The predicted molar refractivity (Wildman–Crippen MR) is 64.6 cm³/mol. The van der Waals surface area contributed by atoms with Crippen molar-refractivity contribution in [2.24, 2.45) is 12.8 Å². The van der Waals surface area contributed by atoms with Gasteiger partial charge in [-0.2, -0.15) is 5.10 Å². The summed E-state index contributed by atoms with van der Waals surface area (Å²) in [5, 5.41) is 16.1. The Labute approximate surface area is 101 Å². The Kier molecular flexibility index (Phi) is 4.65. The van der Waals surface area contributed by atoms with Crippen LogP contribution in [0.2, 0.25) is 0 Å². The molecule has 0 bridgehead atoms. The van der Waals surface area contributed by atoms with Gasteiger partial charge < -0.3 is 16.2 Å². The standard InChI is InChI=1S/C11H20N4O2/c1-4-10-8(6-15(3)14-10)11(17)13-5-9(12)7(2)16/h6-7,9,16H,4-5,12H2,1-3H3,(H,13,17). The van der Waals surface area contributed by atoms with E-state index in [4.69, 9.17) is 5.73 Å². The van der Waals surface area contributed by atoms with Crippen LogP contribution in [0.3, 0.4) is 0 Å². The van der Waals surface area contributed by atoms with Crippen LogP contribution in [0.5, 0.6) is 0 Å². The summed E-state index contributed by atoms with van der Waals surface area (Å²) in [4.78, 5) is 11.9. The monoisotopic (exact) mass is 240 g/mol. The van der Waals surface area contributed by atoms with Crippen LogP contribution in [0.25, 0.3) is 0 Å². The molecule has 0 saturated heterocycles. The van der Waals surface area contributed by atoms with Gasteiger partial charge in [-0.1, -0.05) is 6.92 Å². The van der Waals surface area contributed by atoms with Crippen molar-refractivity contribution in [3.63, 3.8) is 0 Å². The zero-order valence-corrected chi connectivity index (χ0v) is 10.5. The summed E-state index contributed by atoms with van der Waals surface area (Å²) >= 11 is 0. The number of aliphatic hydroxyl groups excluding tert-OH is 1. The largest absolute Gasteiger partial charge is 0.392 e. The third-order valence-electron chi connectivity index (χ3n) is 2.60. The maximum Gasteiger partial charge on any atom is 0.254 e. The minimum Gasteiger partial charge on any atom is -0.392 e. The number of aryl methyl sites for hydroxylation is 2. The molecule has 1 heterocycles. The highest BCUT2D eigenvalue weighted by Crippen LogP contribution is 2.06. The number of carbonyl (C=O) groups is 1. The van der Waals surface area contributed by atoms with Crippen LogP contribution < -0.4 is 11.1 Å². The number of carbonyl (C=O) groups excluding carboxylic acids is 1. The molecule has 0 aromatic carbocycles. The molecule has 0 spiro atoms. The smallest absolute Gasteiger partial charge is 0.254 e. The summed E-state index contributed by atoms with van der Waals surface area (Å²) < 4.78 is 1.61. The normalized spacial score (nSPS) is 14.4. The van der Waals surface area contributed by atoms with Gasteiger partial charge in [-0.15, -0.1) is 0 Å². The molecule has 2 atom stereocenters. The van der Waals surface area contributed by atoms with Crippen LogP contribution in [0.4, 0.5) is 0 Å². The molecule has 1 aromatic rings. The van der Waals surface area contributed by atoms with Crippen LogP contribution >= 0.6 is 0 Å². The van der Waals surface area contributed by atoms with Gasteiger partial charge in [0.1, 0.15) is 0 Å². The van der Waals surface area contributed by atoms with E-state index in [0.29, 0.717) is 12.0 Å². The Morgan fingerprint density at radius 3 is 2.88 bits per heavy atom. The molecule has 1 rings (SSSR count). The fraction of sp³-hybridized carbons (Fsp3) is 0.636. The highest BCUT2D eigenvalue weighted by atomic mass is 16.3. The first-order valence-electron chi connectivity index (χ1n) is 5.70. The molecular formula is C11H20N4O2. The first kappa shape index (κ1) is 13.7. The molecule has 1 amide bonds. The van der Waals surface area contributed by atoms with E-state index >= 15 is 0 Å². The van der Waals surface area contributed by atoms with Crippen LogP contribution in [0, 0.1) is 0 Å². The molecule has 2 unspecified atom stereocenters. The van der Waals surface area contributed by atoms with Crippen LogP contribution in [-0.4, -0.2) is 39.5 Å². The lowest BCUT2D eigenvalue weighted by molar-refractivity contribution is 0.0936. The van der Waals surface area contributed by atoms with Gasteiger partial charge in [-0.3, -0.25) is 9.48 Å². The van der Waals surface area contributed by atoms with Gasteiger partial charge >= 0.3 is 0 Å². The third-order valence-corrected chi connectivity index (χ3v) is 2.60. The summed E-state index contributed by atoms with van der Waals surface area (Å²) in [5.74, 6) is -0.203. The highest BCUT2D eigenvalue weighted by Gasteiger charge is 2.16. The van der Waals surface area contributed by atoms with Crippen molar-refractivity contribution in [2.45, 2.75) is 32.4 Å². The second-order valence-electron chi connectivity index (χ2n) is 4.13. The Bertz CT molecular complexity index is 387. The SMILES string of the molecule is CCc1nn(C)cc1C(=O)NCC(N)C(C)O. The van der Waals surface area contributed by atoms with Gasteiger partial charge in [-0.25, -0.2) is 0 Å². The maximum absolute atomic E-state index is 11.9. The summed E-state index contributed by atoms with van der Waals surface area (Å²) in [6.45, 7) is 3.79. The third kappa shape index (κ3) is 3.54. The molecule has 0 aliphatic carbocycles. The van der Waals surface area contributed by atoms with E-state index in [2.05, 4.69) is 10.4 Å². The fourth-order valence-corrected chi connectivity index (χ4v) is 1.46. The number of hydrogen-bond acceptors (Lipinski definition) is 4. The van der Waals surface area contributed by atoms with E-state index in [1.165, 1.54) is 0 Å². The molecule has 6 heteroatoms. The van der Waals surface area contributed by atoms with Crippen LogP contribution in [0.15, 0.2) is 6.20 Å². The Morgan fingerprint density at radius 1 is 1.71 bits per heavy atom. The average molecular weight is 240 g/mol. The number of aliphatic hydroxyl groups is 1. The van der Waals surface area contributed by atoms with Crippen molar-refractivity contribution in [1.82, 2.24) is 15.1 Å². The predicted octanol–water partition coefficient (Wildman–Crippen LogP) is -0.580. The Balaban J connectivity index is 2.63. The van der Waals surface area contributed by atoms with Gasteiger partial charge in [0.05, 0.1) is 17.4 Å². The average Bonchev–Trinajstić information content (AvgIpc) is 2.66. The minimum absolute atomic E-state index is 0.203. The van der Waals surface area contributed by atoms with Crippen LogP contribution in [0.1, 0.15) is 29.9 Å². The lowest BCUT2D eigenvalue weighted by atomic mass is 10.1. The van der Waals surface area contributed by atoms with Crippen molar-refractivity contribution < 1.29 is 9.90 Å². The molecule has 0 saturated carbocycles. The molecule has 1 aromatic heterocycles. The molecule has 0 radical (unpaired) electrons.